The highest BCUT2D eigenvalue weighted by Crippen LogP contribution is 2.44. The van der Waals surface area contributed by atoms with Gasteiger partial charge in [0.25, 0.3) is 0 Å². The third-order valence-corrected chi connectivity index (χ3v) is 5.99. The number of unbranched alkanes of at least 4 members (excludes halogenated alkanes) is 2. The van der Waals surface area contributed by atoms with Crippen LogP contribution < -0.4 is 0 Å². The van der Waals surface area contributed by atoms with Crippen LogP contribution >= 0.6 is 0 Å². The van der Waals surface area contributed by atoms with Crippen LogP contribution in [0.5, 0.6) is 0 Å². The van der Waals surface area contributed by atoms with Crippen molar-refractivity contribution in [1.82, 2.24) is 0 Å². The fourth-order valence-electron chi connectivity index (χ4n) is 4.42. The molecular formula is C28H34O6. The Balaban J connectivity index is 1.46. The predicted octanol–water partition coefficient (Wildman–Crippen LogP) is 5.73. The summed E-state index contributed by atoms with van der Waals surface area (Å²) in [7, 11) is 0. The third kappa shape index (κ3) is 6.92. The minimum atomic E-state index is -0.999. The van der Waals surface area contributed by atoms with Gasteiger partial charge in [0, 0.05) is 12.3 Å². The highest BCUT2D eigenvalue weighted by atomic mass is 16.6. The van der Waals surface area contributed by atoms with Crippen LogP contribution in [0.15, 0.2) is 48.5 Å². The second-order valence-corrected chi connectivity index (χ2v) is 9.84. The summed E-state index contributed by atoms with van der Waals surface area (Å²) in [5.41, 5.74) is 4.03. The van der Waals surface area contributed by atoms with Gasteiger partial charge in [-0.15, -0.1) is 0 Å². The molecule has 1 atom stereocenters. The summed E-state index contributed by atoms with van der Waals surface area (Å²) in [4.78, 5) is 35.9. The van der Waals surface area contributed by atoms with Crippen molar-refractivity contribution >= 4 is 17.9 Å². The minimum Gasteiger partial charge on any atom is -0.481 e. The number of esters is 2. The van der Waals surface area contributed by atoms with Crippen molar-refractivity contribution in [3.8, 4) is 11.1 Å². The number of aliphatic carboxylic acids is 1. The van der Waals surface area contributed by atoms with Gasteiger partial charge in [0.1, 0.15) is 12.2 Å². The van der Waals surface area contributed by atoms with E-state index >= 15 is 0 Å². The lowest BCUT2D eigenvalue weighted by molar-refractivity contribution is -0.155. The smallest absolute Gasteiger partial charge is 0.307 e. The van der Waals surface area contributed by atoms with Crippen molar-refractivity contribution in [3.05, 3.63) is 59.7 Å². The molecule has 6 heteroatoms. The van der Waals surface area contributed by atoms with E-state index in [0.717, 1.165) is 22.3 Å². The van der Waals surface area contributed by atoms with E-state index < -0.39 is 23.5 Å². The summed E-state index contributed by atoms with van der Waals surface area (Å²) in [5, 5.41) is 9.55. The number of rotatable bonds is 11. The molecule has 0 bridgehead atoms. The van der Waals surface area contributed by atoms with E-state index in [1.165, 1.54) is 0 Å². The number of fused-ring (bicyclic) bond motifs is 3. The third-order valence-electron chi connectivity index (χ3n) is 5.99. The minimum absolute atomic E-state index is 0.0486. The van der Waals surface area contributed by atoms with Crippen molar-refractivity contribution in [2.75, 3.05) is 6.61 Å². The molecule has 0 saturated carbocycles. The molecular weight excluding hydrogens is 432 g/mol. The van der Waals surface area contributed by atoms with Crippen molar-refractivity contribution in [2.45, 2.75) is 70.8 Å². The van der Waals surface area contributed by atoms with Crippen LogP contribution in [0.3, 0.4) is 0 Å². The van der Waals surface area contributed by atoms with Gasteiger partial charge in [-0.05, 0) is 55.9 Å². The quantitative estimate of drug-likeness (QED) is 0.336. The van der Waals surface area contributed by atoms with Crippen LogP contribution in [0.4, 0.5) is 0 Å². The topological polar surface area (TPSA) is 89.9 Å². The van der Waals surface area contributed by atoms with Crippen molar-refractivity contribution < 1.29 is 29.0 Å². The second-order valence-electron chi connectivity index (χ2n) is 9.84. The van der Waals surface area contributed by atoms with Crippen LogP contribution in [-0.4, -0.2) is 35.2 Å². The molecule has 0 aromatic heterocycles. The van der Waals surface area contributed by atoms with Crippen LogP contribution in [0.2, 0.25) is 0 Å². The van der Waals surface area contributed by atoms with Gasteiger partial charge in [-0.25, -0.2) is 0 Å². The summed E-state index contributed by atoms with van der Waals surface area (Å²) >= 11 is 0. The summed E-state index contributed by atoms with van der Waals surface area (Å²) in [5.74, 6) is -2.59. The Bertz CT molecular complexity index is 974. The average molecular weight is 467 g/mol. The molecule has 0 aliphatic heterocycles. The zero-order valence-corrected chi connectivity index (χ0v) is 20.2. The lowest BCUT2D eigenvalue weighted by Crippen LogP contribution is -2.23. The molecule has 0 saturated heterocycles. The molecule has 1 aliphatic carbocycles. The summed E-state index contributed by atoms with van der Waals surface area (Å²) in [6, 6.07) is 16.2. The highest BCUT2D eigenvalue weighted by molar-refractivity contribution is 5.80. The number of carbonyl (C=O) groups excluding carboxylic acids is 2. The lowest BCUT2D eigenvalue weighted by Gasteiger charge is -2.19. The first-order valence-corrected chi connectivity index (χ1v) is 11.9. The number of carboxylic acids is 1. The van der Waals surface area contributed by atoms with E-state index in [1.807, 2.05) is 57.2 Å². The molecule has 0 unspecified atom stereocenters. The average Bonchev–Trinajstić information content (AvgIpc) is 3.09. The second kappa shape index (κ2) is 11.3. The van der Waals surface area contributed by atoms with Crippen molar-refractivity contribution in [3.63, 3.8) is 0 Å². The first-order chi connectivity index (χ1) is 16.2. The molecule has 0 heterocycles. The molecule has 0 radical (unpaired) electrons. The van der Waals surface area contributed by atoms with Gasteiger partial charge < -0.3 is 14.6 Å². The van der Waals surface area contributed by atoms with E-state index in [4.69, 9.17) is 9.47 Å². The van der Waals surface area contributed by atoms with Gasteiger partial charge in [-0.1, -0.05) is 61.4 Å². The number of carbonyl (C=O) groups is 3. The van der Waals surface area contributed by atoms with Gasteiger partial charge in [0.15, 0.2) is 0 Å². The number of hydrogen-bond acceptors (Lipinski definition) is 5. The number of carboxylic acid groups (broad SMARTS) is 1. The van der Waals surface area contributed by atoms with Gasteiger partial charge in [-0.2, -0.15) is 0 Å². The standard InChI is InChI=1S/C28H34O6/c1-28(2,3)34-25(29)16-6-4-5-11-19(27(31)32)17-26(30)33-18-24-22-14-9-7-12-20(22)21-13-8-10-15-23(21)24/h7-10,12-15,19,24H,4-6,11,16-18H2,1-3H3,(H,31,32)/t19-/m1/s1. The van der Waals surface area contributed by atoms with Crippen LogP contribution in [0, 0.1) is 5.92 Å². The van der Waals surface area contributed by atoms with Gasteiger partial charge in [-0.3, -0.25) is 14.4 Å². The van der Waals surface area contributed by atoms with Gasteiger partial charge >= 0.3 is 17.9 Å². The molecule has 2 aromatic rings. The molecule has 1 aliphatic rings. The number of benzene rings is 2. The van der Waals surface area contributed by atoms with Crippen molar-refractivity contribution in [2.24, 2.45) is 5.92 Å². The van der Waals surface area contributed by atoms with Gasteiger partial charge in [0.05, 0.1) is 12.3 Å². The molecule has 182 valence electrons. The molecule has 2 aromatic carbocycles. The van der Waals surface area contributed by atoms with E-state index in [1.54, 1.807) is 0 Å². The van der Waals surface area contributed by atoms with Crippen molar-refractivity contribution in [1.29, 1.82) is 0 Å². The van der Waals surface area contributed by atoms with Crippen LogP contribution in [0.1, 0.15) is 76.3 Å². The fourth-order valence-corrected chi connectivity index (χ4v) is 4.42. The summed E-state index contributed by atoms with van der Waals surface area (Å²) in [6.45, 7) is 5.66. The Labute approximate surface area is 201 Å². The van der Waals surface area contributed by atoms with E-state index in [0.29, 0.717) is 32.1 Å². The van der Waals surface area contributed by atoms with E-state index in [-0.39, 0.29) is 24.9 Å². The normalized spacial score (nSPS) is 13.6. The van der Waals surface area contributed by atoms with E-state index in [2.05, 4.69) is 12.1 Å². The van der Waals surface area contributed by atoms with Crippen LogP contribution in [0.25, 0.3) is 11.1 Å². The Hall–Kier alpha value is -3.15. The molecule has 0 spiro atoms. The van der Waals surface area contributed by atoms with Crippen LogP contribution in [-0.2, 0) is 23.9 Å². The molecule has 1 N–H and O–H groups in total. The Morgan fingerprint density at radius 3 is 2.03 bits per heavy atom. The maximum atomic E-state index is 12.5. The molecule has 34 heavy (non-hydrogen) atoms. The first-order valence-electron chi connectivity index (χ1n) is 11.9. The SMILES string of the molecule is CC(C)(C)OC(=O)CCCCC[C@H](CC(=O)OCC1c2ccccc2-c2ccccc21)C(=O)O. The van der Waals surface area contributed by atoms with Gasteiger partial charge in [0.2, 0.25) is 0 Å². The Morgan fingerprint density at radius 2 is 1.47 bits per heavy atom. The molecule has 3 rings (SSSR count). The zero-order chi connectivity index (χ0) is 24.7. The molecule has 0 amide bonds. The number of hydrogen-bond donors (Lipinski definition) is 1. The number of ether oxygens (including phenoxy) is 2. The molecule has 6 nitrogen and oxygen atoms in total. The summed E-state index contributed by atoms with van der Waals surface area (Å²) < 4.78 is 10.8. The zero-order valence-electron chi connectivity index (χ0n) is 20.2. The summed E-state index contributed by atoms with van der Waals surface area (Å²) in [6.07, 6.45) is 2.48. The highest BCUT2D eigenvalue weighted by Gasteiger charge is 2.30. The maximum Gasteiger partial charge on any atom is 0.307 e. The largest absolute Gasteiger partial charge is 0.481 e. The maximum absolute atomic E-state index is 12.5. The molecule has 0 fully saturated rings. The Kier molecular flexibility index (Phi) is 8.48. The predicted molar refractivity (Wildman–Crippen MR) is 129 cm³/mol. The fraction of sp³-hybridized carbons (Fsp3) is 0.464. The first kappa shape index (κ1) is 25.5. The lowest BCUT2D eigenvalue weighted by atomic mass is 9.97. The Morgan fingerprint density at radius 1 is 0.882 bits per heavy atom. The van der Waals surface area contributed by atoms with E-state index in [9.17, 15) is 19.5 Å². The monoisotopic (exact) mass is 466 g/mol.